The fraction of sp³-hybridized carbons (Fsp3) is 0.429. The summed E-state index contributed by atoms with van der Waals surface area (Å²) in [6, 6.07) is 7.47. The molecule has 102 valence electrons. The molecule has 0 saturated carbocycles. The van der Waals surface area contributed by atoms with Crippen LogP contribution in [0.5, 0.6) is 0 Å². The number of ether oxygens (including phenoxy) is 1. The molecule has 5 heteroatoms. The zero-order valence-corrected chi connectivity index (χ0v) is 12.9. The van der Waals surface area contributed by atoms with Gasteiger partial charge in [-0.15, -0.1) is 0 Å². The summed E-state index contributed by atoms with van der Waals surface area (Å²) in [7, 11) is 1.39. The minimum atomic E-state index is -0.222. The molecule has 1 aliphatic rings. The van der Waals surface area contributed by atoms with Gasteiger partial charge in [0.15, 0.2) is 0 Å². The van der Waals surface area contributed by atoms with Crippen LogP contribution in [0, 0.1) is 9.49 Å². The highest BCUT2D eigenvalue weighted by molar-refractivity contribution is 14.1. The average molecular weight is 373 g/mol. The number of nitrogens with zero attached hydrogens (tertiary/aromatic N) is 1. The number of amides is 1. The number of esters is 1. The quantitative estimate of drug-likeness (QED) is 0.591. The maximum atomic E-state index is 12.3. The first kappa shape index (κ1) is 14.3. The summed E-state index contributed by atoms with van der Waals surface area (Å²) >= 11 is 2.21. The lowest BCUT2D eigenvalue weighted by Crippen LogP contribution is -2.42. The Labute approximate surface area is 126 Å². The van der Waals surface area contributed by atoms with Crippen LogP contribution in [0.4, 0.5) is 0 Å². The fourth-order valence-corrected chi connectivity index (χ4v) is 2.66. The second-order valence-corrected chi connectivity index (χ2v) is 5.87. The number of carbonyl (C=O) groups excluding carboxylic acids is 2. The van der Waals surface area contributed by atoms with Crippen molar-refractivity contribution in [1.29, 1.82) is 0 Å². The van der Waals surface area contributed by atoms with E-state index < -0.39 is 0 Å². The summed E-state index contributed by atoms with van der Waals surface area (Å²) in [6.07, 6.45) is 1.64. The zero-order chi connectivity index (χ0) is 13.8. The van der Waals surface area contributed by atoms with E-state index in [9.17, 15) is 9.59 Å². The Morgan fingerprint density at radius 3 is 2.63 bits per heavy atom. The van der Waals surface area contributed by atoms with E-state index in [1.165, 1.54) is 7.11 Å². The standard InChI is InChI=1S/C14H16INO3/c1-19-14(18)11-3-2-8-16(9-11)13(17)10-4-6-12(15)7-5-10/h4-7,11H,2-3,8-9H2,1H3/t11-/m0/s1. The average Bonchev–Trinajstić information content (AvgIpc) is 2.46. The summed E-state index contributed by atoms with van der Waals surface area (Å²) in [4.78, 5) is 25.6. The van der Waals surface area contributed by atoms with E-state index in [-0.39, 0.29) is 17.8 Å². The first-order chi connectivity index (χ1) is 9.11. The predicted octanol–water partition coefficient (Wildman–Crippen LogP) is 2.32. The van der Waals surface area contributed by atoms with Crippen LogP contribution in [0.1, 0.15) is 23.2 Å². The van der Waals surface area contributed by atoms with Crippen molar-refractivity contribution in [2.45, 2.75) is 12.8 Å². The van der Waals surface area contributed by atoms with Crippen molar-refractivity contribution >= 4 is 34.5 Å². The predicted molar refractivity (Wildman–Crippen MR) is 79.8 cm³/mol. The molecule has 1 aromatic carbocycles. The molecule has 1 aliphatic heterocycles. The van der Waals surface area contributed by atoms with E-state index in [2.05, 4.69) is 22.6 Å². The molecule has 0 N–H and O–H groups in total. The summed E-state index contributed by atoms with van der Waals surface area (Å²) in [6.45, 7) is 1.16. The van der Waals surface area contributed by atoms with Crippen molar-refractivity contribution in [3.63, 3.8) is 0 Å². The van der Waals surface area contributed by atoms with Crippen molar-refractivity contribution in [3.05, 3.63) is 33.4 Å². The number of methoxy groups -OCH3 is 1. The van der Waals surface area contributed by atoms with Gasteiger partial charge in [0.2, 0.25) is 0 Å². The zero-order valence-electron chi connectivity index (χ0n) is 10.8. The maximum absolute atomic E-state index is 12.3. The Hall–Kier alpha value is -1.11. The number of piperidine rings is 1. The van der Waals surface area contributed by atoms with Crippen LogP contribution in [-0.2, 0) is 9.53 Å². The summed E-state index contributed by atoms with van der Waals surface area (Å²) in [5.41, 5.74) is 0.672. The second kappa shape index (κ2) is 6.36. The van der Waals surface area contributed by atoms with Gasteiger partial charge in [-0.2, -0.15) is 0 Å². The van der Waals surface area contributed by atoms with Crippen LogP contribution in [-0.4, -0.2) is 37.0 Å². The minimum absolute atomic E-state index is 0.00926. The van der Waals surface area contributed by atoms with Gasteiger partial charge in [0.1, 0.15) is 0 Å². The van der Waals surface area contributed by atoms with Crippen LogP contribution in [0.2, 0.25) is 0 Å². The Balaban J connectivity index is 2.06. The van der Waals surface area contributed by atoms with Crippen molar-refractivity contribution in [1.82, 2.24) is 4.90 Å². The maximum Gasteiger partial charge on any atom is 0.310 e. The van der Waals surface area contributed by atoms with Gasteiger partial charge in [0, 0.05) is 22.2 Å². The van der Waals surface area contributed by atoms with Crippen LogP contribution in [0.15, 0.2) is 24.3 Å². The third-order valence-corrected chi connectivity index (χ3v) is 4.05. The largest absolute Gasteiger partial charge is 0.469 e. The number of likely N-dealkylation sites (tertiary alicyclic amines) is 1. The van der Waals surface area contributed by atoms with Crippen LogP contribution in [0.25, 0.3) is 0 Å². The van der Waals surface area contributed by atoms with Crippen LogP contribution in [0.3, 0.4) is 0 Å². The first-order valence-electron chi connectivity index (χ1n) is 6.24. The molecule has 1 atom stereocenters. The highest BCUT2D eigenvalue weighted by Crippen LogP contribution is 2.20. The fourth-order valence-electron chi connectivity index (χ4n) is 2.30. The number of rotatable bonds is 2. The SMILES string of the molecule is COC(=O)[C@H]1CCCN(C(=O)c2ccc(I)cc2)C1. The van der Waals surface area contributed by atoms with Gasteiger partial charge >= 0.3 is 5.97 Å². The summed E-state index contributed by atoms with van der Waals surface area (Å²) < 4.78 is 5.86. The molecule has 0 aromatic heterocycles. The summed E-state index contributed by atoms with van der Waals surface area (Å²) in [5.74, 6) is -0.420. The Bertz CT molecular complexity index is 472. The van der Waals surface area contributed by atoms with Gasteiger partial charge in [-0.05, 0) is 59.7 Å². The monoisotopic (exact) mass is 373 g/mol. The molecule has 19 heavy (non-hydrogen) atoms. The van der Waals surface area contributed by atoms with Crippen molar-refractivity contribution in [3.8, 4) is 0 Å². The summed E-state index contributed by atoms with van der Waals surface area (Å²) in [5, 5.41) is 0. The number of hydrogen-bond donors (Lipinski definition) is 0. The molecule has 1 saturated heterocycles. The smallest absolute Gasteiger partial charge is 0.310 e. The minimum Gasteiger partial charge on any atom is -0.469 e. The first-order valence-corrected chi connectivity index (χ1v) is 7.32. The molecule has 0 radical (unpaired) electrons. The Morgan fingerprint density at radius 2 is 2.00 bits per heavy atom. The topological polar surface area (TPSA) is 46.6 Å². The van der Waals surface area contributed by atoms with Gasteiger partial charge in [0.05, 0.1) is 13.0 Å². The highest BCUT2D eigenvalue weighted by atomic mass is 127. The van der Waals surface area contributed by atoms with Gasteiger partial charge in [-0.25, -0.2) is 0 Å². The third-order valence-electron chi connectivity index (χ3n) is 3.33. The van der Waals surface area contributed by atoms with Crippen molar-refractivity contribution < 1.29 is 14.3 Å². The van der Waals surface area contributed by atoms with Gasteiger partial charge in [0.25, 0.3) is 5.91 Å². The van der Waals surface area contributed by atoms with E-state index in [0.29, 0.717) is 18.7 Å². The molecule has 0 bridgehead atoms. The number of benzene rings is 1. The lowest BCUT2D eigenvalue weighted by atomic mass is 9.97. The van der Waals surface area contributed by atoms with E-state index in [1.54, 1.807) is 4.90 Å². The lowest BCUT2D eigenvalue weighted by Gasteiger charge is -2.31. The molecule has 1 heterocycles. The van der Waals surface area contributed by atoms with Crippen molar-refractivity contribution in [2.24, 2.45) is 5.92 Å². The molecule has 2 rings (SSSR count). The number of hydrogen-bond acceptors (Lipinski definition) is 3. The number of halogens is 1. The highest BCUT2D eigenvalue weighted by Gasteiger charge is 2.29. The molecule has 0 unspecified atom stereocenters. The molecule has 1 amide bonds. The molecule has 4 nitrogen and oxygen atoms in total. The second-order valence-electron chi connectivity index (χ2n) is 4.62. The van der Waals surface area contributed by atoms with Crippen molar-refractivity contribution in [2.75, 3.05) is 20.2 Å². The van der Waals surface area contributed by atoms with E-state index >= 15 is 0 Å². The lowest BCUT2D eigenvalue weighted by molar-refractivity contribution is -0.146. The molecule has 0 spiro atoms. The van der Waals surface area contributed by atoms with E-state index in [1.807, 2.05) is 24.3 Å². The molecular weight excluding hydrogens is 357 g/mol. The molecule has 0 aliphatic carbocycles. The third kappa shape index (κ3) is 3.46. The van der Waals surface area contributed by atoms with Gasteiger partial charge < -0.3 is 9.64 Å². The molecule has 1 aromatic rings. The van der Waals surface area contributed by atoms with Gasteiger partial charge in [-0.1, -0.05) is 0 Å². The van der Waals surface area contributed by atoms with Crippen LogP contribution >= 0.6 is 22.6 Å². The normalized spacial score (nSPS) is 19.1. The van der Waals surface area contributed by atoms with Gasteiger partial charge in [-0.3, -0.25) is 9.59 Å². The number of carbonyl (C=O) groups is 2. The van der Waals surface area contributed by atoms with E-state index in [4.69, 9.17) is 4.74 Å². The molecule has 1 fully saturated rings. The Morgan fingerprint density at radius 1 is 1.32 bits per heavy atom. The molecular formula is C14H16INO3. The van der Waals surface area contributed by atoms with E-state index in [0.717, 1.165) is 16.4 Å². The Kier molecular flexibility index (Phi) is 4.79. The van der Waals surface area contributed by atoms with Crippen LogP contribution < -0.4 is 0 Å².